The Labute approximate surface area is 103 Å². The molecule has 0 aromatic carbocycles. The lowest BCUT2D eigenvalue weighted by Crippen LogP contribution is -2.55. The van der Waals surface area contributed by atoms with Crippen molar-refractivity contribution in [3.05, 3.63) is 0 Å². The molecule has 0 radical (unpaired) electrons. The first-order valence-corrected chi connectivity index (χ1v) is 6.13. The number of hydrogen-bond acceptors (Lipinski definition) is 4. The van der Waals surface area contributed by atoms with Crippen LogP contribution in [0.3, 0.4) is 0 Å². The minimum atomic E-state index is -0.489. The van der Waals surface area contributed by atoms with Crippen LogP contribution < -0.4 is 5.32 Å². The molecule has 0 spiro atoms. The van der Waals surface area contributed by atoms with Crippen molar-refractivity contribution in [2.24, 2.45) is 0 Å². The SMILES string of the molecule is CCOC(=O)N1CCC(C#N)(NC(C)C)CC1. The standard InChI is InChI=1S/C12H21N3O2/c1-4-17-11(16)15-7-5-12(9-13,6-8-15)14-10(2)3/h10,14H,4-8H2,1-3H3. The molecule has 1 aliphatic rings. The topological polar surface area (TPSA) is 65.4 Å². The number of piperidine rings is 1. The first-order chi connectivity index (χ1) is 8.03. The number of nitrogens with zero attached hydrogens (tertiary/aromatic N) is 2. The predicted octanol–water partition coefficient (Wildman–Crippen LogP) is 1.50. The number of ether oxygens (including phenoxy) is 1. The van der Waals surface area contributed by atoms with Crippen molar-refractivity contribution in [2.45, 2.75) is 45.2 Å². The summed E-state index contributed by atoms with van der Waals surface area (Å²) in [5.74, 6) is 0. The molecule has 0 aromatic rings. The first kappa shape index (κ1) is 13.8. The van der Waals surface area contributed by atoms with Crippen molar-refractivity contribution in [3.8, 4) is 6.07 Å². The molecule has 17 heavy (non-hydrogen) atoms. The highest BCUT2D eigenvalue weighted by atomic mass is 16.6. The van der Waals surface area contributed by atoms with Gasteiger partial charge in [-0.3, -0.25) is 5.32 Å². The van der Waals surface area contributed by atoms with Gasteiger partial charge in [0.2, 0.25) is 0 Å². The summed E-state index contributed by atoms with van der Waals surface area (Å²) < 4.78 is 4.95. The van der Waals surface area contributed by atoms with Crippen LogP contribution in [0.5, 0.6) is 0 Å². The van der Waals surface area contributed by atoms with Crippen LogP contribution in [0.25, 0.3) is 0 Å². The van der Waals surface area contributed by atoms with Gasteiger partial charge >= 0.3 is 6.09 Å². The summed E-state index contributed by atoms with van der Waals surface area (Å²) in [4.78, 5) is 13.2. The Morgan fingerprint density at radius 2 is 2.12 bits per heavy atom. The van der Waals surface area contributed by atoms with Gasteiger partial charge in [-0.15, -0.1) is 0 Å². The molecule has 0 saturated carbocycles. The molecule has 5 nitrogen and oxygen atoms in total. The van der Waals surface area contributed by atoms with Gasteiger partial charge in [0.15, 0.2) is 0 Å². The summed E-state index contributed by atoms with van der Waals surface area (Å²) in [6.07, 6.45) is 1.03. The van der Waals surface area contributed by atoms with Crippen molar-refractivity contribution in [1.29, 1.82) is 5.26 Å². The number of carbonyl (C=O) groups excluding carboxylic acids is 1. The third-order valence-corrected chi connectivity index (χ3v) is 2.92. The molecule has 1 fully saturated rings. The number of amides is 1. The lowest BCUT2D eigenvalue weighted by atomic mass is 9.88. The molecule has 0 aromatic heterocycles. The normalized spacial score (nSPS) is 18.9. The first-order valence-electron chi connectivity index (χ1n) is 6.13. The molecule has 1 N–H and O–H groups in total. The summed E-state index contributed by atoms with van der Waals surface area (Å²) in [6, 6.07) is 2.62. The van der Waals surface area contributed by atoms with Crippen molar-refractivity contribution >= 4 is 6.09 Å². The van der Waals surface area contributed by atoms with Crippen molar-refractivity contribution in [1.82, 2.24) is 10.2 Å². The summed E-state index contributed by atoms with van der Waals surface area (Å²) in [6.45, 7) is 7.39. The van der Waals surface area contributed by atoms with Gasteiger partial charge in [-0.25, -0.2) is 4.79 Å². The van der Waals surface area contributed by atoms with E-state index in [1.54, 1.807) is 11.8 Å². The summed E-state index contributed by atoms with van der Waals surface area (Å²) in [5, 5.41) is 12.6. The molecule has 96 valence electrons. The number of likely N-dealkylation sites (tertiary alicyclic amines) is 1. The fraction of sp³-hybridized carbons (Fsp3) is 0.833. The highest BCUT2D eigenvalue weighted by Crippen LogP contribution is 2.22. The summed E-state index contributed by atoms with van der Waals surface area (Å²) in [7, 11) is 0. The predicted molar refractivity (Wildman–Crippen MR) is 64.4 cm³/mol. The Morgan fingerprint density at radius 3 is 2.53 bits per heavy atom. The molecule has 1 aliphatic heterocycles. The molecular weight excluding hydrogens is 218 g/mol. The van der Waals surface area contributed by atoms with Gasteiger partial charge in [-0.2, -0.15) is 5.26 Å². The van der Waals surface area contributed by atoms with Crippen LogP contribution in [0.1, 0.15) is 33.6 Å². The minimum absolute atomic E-state index is 0.267. The van der Waals surface area contributed by atoms with Gasteiger partial charge in [-0.1, -0.05) is 0 Å². The average molecular weight is 239 g/mol. The largest absolute Gasteiger partial charge is 0.450 e. The Balaban J connectivity index is 2.54. The van der Waals surface area contributed by atoms with E-state index >= 15 is 0 Å². The van der Waals surface area contributed by atoms with E-state index in [1.165, 1.54) is 0 Å². The Morgan fingerprint density at radius 1 is 1.53 bits per heavy atom. The molecule has 0 unspecified atom stereocenters. The van der Waals surface area contributed by atoms with Gasteiger partial charge in [0, 0.05) is 19.1 Å². The van der Waals surface area contributed by atoms with Gasteiger partial charge in [-0.05, 0) is 33.6 Å². The molecule has 0 bridgehead atoms. The molecule has 0 atom stereocenters. The van der Waals surface area contributed by atoms with Crippen LogP contribution in [-0.4, -0.2) is 42.3 Å². The van der Waals surface area contributed by atoms with Gasteiger partial charge in [0.25, 0.3) is 0 Å². The zero-order valence-electron chi connectivity index (χ0n) is 10.8. The van der Waals surface area contributed by atoms with Crippen molar-refractivity contribution in [3.63, 3.8) is 0 Å². The van der Waals surface area contributed by atoms with Crippen LogP contribution in [0.4, 0.5) is 4.79 Å². The molecule has 1 heterocycles. The third-order valence-electron chi connectivity index (χ3n) is 2.92. The number of nitriles is 1. The van der Waals surface area contributed by atoms with E-state index in [1.807, 2.05) is 13.8 Å². The summed E-state index contributed by atoms with van der Waals surface area (Å²) >= 11 is 0. The van der Waals surface area contributed by atoms with Crippen LogP contribution >= 0.6 is 0 Å². The quantitative estimate of drug-likeness (QED) is 0.810. The van der Waals surface area contributed by atoms with E-state index < -0.39 is 5.54 Å². The van der Waals surface area contributed by atoms with Gasteiger partial charge in [0.1, 0.15) is 5.54 Å². The van der Waals surface area contributed by atoms with E-state index in [4.69, 9.17) is 4.74 Å². The van der Waals surface area contributed by atoms with Crippen LogP contribution in [-0.2, 0) is 4.74 Å². The smallest absolute Gasteiger partial charge is 0.409 e. The molecule has 1 saturated heterocycles. The molecule has 1 rings (SSSR count). The molecule has 0 aliphatic carbocycles. The van der Waals surface area contributed by atoms with E-state index in [0.29, 0.717) is 32.5 Å². The number of hydrogen-bond donors (Lipinski definition) is 1. The van der Waals surface area contributed by atoms with E-state index in [0.717, 1.165) is 0 Å². The highest BCUT2D eigenvalue weighted by molar-refractivity contribution is 5.67. The fourth-order valence-corrected chi connectivity index (χ4v) is 2.13. The van der Waals surface area contributed by atoms with Crippen molar-refractivity contribution < 1.29 is 9.53 Å². The lowest BCUT2D eigenvalue weighted by molar-refractivity contribution is 0.0877. The van der Waals surface area contributed by atoms with E-state index in [2.05, 4.69) is 11.4 Å². The van der Waals surface area contributed by atoms with Crippen molar-refractivity contribution in [2.75, 3.05) is 19.7 Å². The van der Waals surface area contributed by atoms with E-state index in [-0.39, 0.29) is 12.1 Å². The zero-order chi connectivity index (χ0) is 12.9. The van der Waals surface area contributed by atoms with Gasteiger partial charge in [0.05, 0.1) is 12.7 Å². The number of carbonyl (C=O) groups is 1. The zero-order valence-corrected chi connectivity index (χ0v) is 10.8. The molecule has 5 heteroatoms. The molecule has 1 amide bonds. The third kappa shape index (κ3) is 3.60. The second-order valence-electron chi connectivity index (χ2n) is 4.68. The van der Waals surface area contributed by atoms with E-state index in [9.17, 15) is 10.1 Å². The second-order valence-corrected chi connectivity index (χ2v) is 4.68. The Hall–Kier alpha value is -1.28. The Bertz CT molecular complexity index is 301. The summed E-state index contributed by atoms with van der Waals surface area (Å²) in [5.41, 5.74) is -0.489. The number of rotatable bonds is 3. The number of nitrogens with one attached hydrogen (secondary N) is 1. The lowest BCUT2D eigenvalue weighted by Gasteiger charge is -2.38. The molecular formula is C12H21N3O2. The second kappa shape index (κ2) is 5.87. The van der Waals surface area contributed by atoms with Gasteiger partial charge < -0.3 is 9.64 Å². The average Bonchev–Trinajstić information content (AvgIpc) is 2.29. The Kier molecular flexibility index (Phi) is 4.76. The van der Waals surface area contributed by atoms with Crippen LogP contribution in [0, 0.1) is 11.3 Å². The van der Waals surface area contributed by atoms with Crippen LogP contribution in [0.15, 0.2) is 0 Å². The maximum absolute atomic E-state index is 11.5. The maximum atomic E-state index is 11.5. The van der Waals surface area contributed by atoms with Crippen LogP contribution in [0.2, 0.25) is 0 Å². The minimum Gasteiger partial charge on any atom is -0.450 e. The monoisotopic (exact) mass is 239 g/mol. The highest BCUT2D eigenvalue weighted by Gasteiger charge is 2.36. The fourth-order valence-electron chi connectivity index (χ4n) is 2.13. The maximum Gasteiger partial charge on any atom is 0.409 e.